The summed E-state index contributed by atoms with van der Waals surface area (Å²) in [7, 11) is 0. The number of nitrogens with one attached hydrogen (secondary N) is 1. The van der Waals surface area contributed by atoms with E-state index in [4.69, 9.17) is 9.15 Å². The number of carbonyl (C=O) groups is 1. The van der Waals surface area contributed by atoms with Crippen LogP contribution in [0.15, 0.2) is 28.7 Å². The summed E-state index contributed by atoms with van der Waals surface area (Å²) in [5.41, 5.74) is 1.48. The highest BCUT2D eigenvalue weighted by atomic mass is 16.6. The fourth-order valence-electron chi connectivity index (χ4n) is 2.28. The number of carbonyl (C=O) groups excluding carboxylic acids is 1. The average Bonchev–Trinajstić information content (AvgIpc) is 3.14. The van der Waals surface area contributed by atoms with Crippen molar-refractivity contribution in [3.63, 3.8) is 0 Å². The Morgan fingerprint density at radius 2 is 2.10 bits per heavy atom. The Balaban J connectivity index is 1.65. The summed E-state index contributed by atoms with van der Waals surface area (Å²) >= 11 is 0. The molecule has 21 heavy (non-hydrogen) atoms. The van der Waals surface area contributed by atoms with Crippen LogP contribution < -0.4 is 5.32 Å². The summed E-state index contributed by atoms with van der Waals surface area (Å²) in [5.74, 6) is 1.70. The van der Waals surface area contributed by atoms with Crippen LogP contribution in [-0.4, -0.2) is 11.7 Å². The van der Waals surface area contributed by atoms with Crippen molar-refractivity contribution in [3.05, 3.63) is 35.6 Å². The molecule has 1 aromatic carbocycles. The van der Waals surface area contributed by atoms with Crippen molar-refractivity contribution in [1.29, 1.82) is 0 Å². The molecule has 0 atom stereocenters. The molecule has 1 aliphatic carbocycles. The second-order valence-electron chi connectivity index (χ2n) is 6.65. The number of rotatable bonds is 3. The van der Waals surface area contributed by atoms with Gasteiger partial charge in [-0.25, -0.2) is 4.79 Å². The minimum atomic E-state index is -0.474. The number of fused-ring (bicyclic) bond motifs is 1. The minimum absolute atomic E-state index is 0.395. The monoisotopic (exact) mass is 287 g/mol. The van der Waals surface area contributed by atoms with E-state index in [0.717, 1.165) is 22.3 Å². The average molecular weight is 287 g/mol. The predicted molar refractivity (Wildman–Crippen MR) is 81.3 cm³/mol. The van der Waals surface area contributed by atoms with Gasteiger partial charge in [0.05, 0.1) is 0 Å². The van der Waals surface area contributed by atoms with Crippen LogP contribution in [0.3, 0.4) is 0 Å². The van der Waals surface area contributed by atoms with Crippen molar-refractivity contribution in [3.8, 4) is 0 Å². The third-order valence-corrected chi connectivity index (χ3v) is 3.42. The molecule has 1 heterocycles. The van der Waals surface area contributed by atoms with Gasteiger partial charge in [-0.3, -0.25) is 0 Å². The molecular formula is C17H21NO3. The van der Waals surface area contributed by atoms with E-state index in [9.17, 15) is 4.79 Å². The number of alkyl carbamates (subject to hydrolysis) is 1. The van der Waals surface area contributed by atoms with Gasteiger partial charge in [-0.2, -0.15) is 0 Å². The summed E-state index contributed by atoms with van der Waals surface area (Å²) < 4.78 is 11.0. The zero-order valence-corrected chi connectivity index (χ0v) is 12.7. The van der Waals surface area contributed by atoms with E-state index >= 15 is 0 Å². The van der Waals surface area contributed by atoms with Gasteiger partial charge in [-0.15, -0.1) is 0 Å². The normalized spacial score (nSPS) is 15.2. The zero-order chi connectivity index (χ0) is 15.0. The van der Waals surface area contributed by atoms with Crippen LogP contribution >= 0.6 is 0 Å². The van der Waals surface area contributed by atoms with Crippen LogP contribution in [-0.2, 0) is 11.3 Å². The SMILES string of the molecule is CC(C)(C)OC(=O)NCc1ccc2oc(C3CC3)cc2c1. The molecule has 3 rings (SSSR count). The first-order valence-electron chi connectivity index (χ1n) is 7.40. The minimum Gasteiger partial charge on any atom is -0.461 e. The summed E-state index contributed by atoms with van der Waals surface area (Å²) in [4.78, 5) is 11.6. The Morgan fingerprint density at radius 3 is 2.76 bits per heavy atom. The molecule has 4 heteroatoms. The standard InChI is InChI=1S/C17H21NO3/c1-17(2,3)21-16(19)18-10-11-4-7-14-13(8-11)9-15(20-14)12-5-6-12/h4,7-9,12H,5-6,10H2,1-3H3,(H,18,19). The van der Waals surface area contributed by atoms with E-state index in [2.05, 4.69) is 17.4 Å². The van der Waals surface area contributed by atoms with Gasteiger partial charge >= 0.3 is 6.09 Å². The first kappa shape index (κ1) is 14.0. The Hall–Kier alpha value is -1.97. The lowest BCUT2D eigenvalue weighted by Gasteiger charge is -2.19. The topological polar surface area (TPSA) is 51.5 Å². The number of hydrogen-bond donors (Lipinski definition) is 1. The van der Waals surface area contributed by atoms with Crippen LogP contribution in [0.1, 0.15) is 50.9 Å². The third kappa shape index (κ3) is 3.57. The van der Waals surface area contributed by atoms with Crippen molar-refractivity contribution in [1.82, 2.24) is 5.32 Å². The lowest BCUT2D eigenvalue weighted by Crippen LogP contribution is -2.32. The molecule has 0 bridgehead atoms. The zero-order valence-electron chi connectivity index (χ0n) is 12.7. The van der Waals surface area contributed by atoms with Gasteiger partial charge in [0.1, 0.15) is 16.9 Å². The van der Waals surface area contributed by atoms with Crippen molar-refractivity contribution in [2.24, 2.45) is 0 Å². The number of furan rings is 1. The maximum Gasteiger partial charge on any atom is 0.407 e. The van der Waals surface area contributed by atoms with Crippen molar-refractivity contribution >= 4 is 17.1 Å². The number of amides is 1. The van der Waals surface area contributed by atoms with Gasteiger partial charge < -0.3 is 14.5 Å². The maximum absolute atomic E-state index is 11.6. The fourth-order valence-corrected chi connectivity index (χ4v) is 2.28. The van der Waals surface area contributed by atoms with Crippen LogP contribution in [0.2, 0.25) is 0 Å². The predicted octanol–water partition coefficient (Wildman–Crippen LogP) is 4.33. The molecule has 1 aliphatic rings. The number of ether oxygens (including phenoxy) is 1. The first-order chi connectivity index (χ1) is 9.90. The molecule has 4 nitrogen and oxygen atoms in total. The second-order valence-corrected chi connectivity index (χ2v) is 6.65. The van der Waals surface area contributed by atoms with Crippen LogP contribution in [0.5, 0.6) is 0 Å². The molecule has 0 saturated heterocycles. The molecular weight excluding hydrogens is 266 g/mol. The second kappa shape index (κ2) is 5.10. The van der Waals surface area contributed by atoms with E-state index in [-0.39, 0.29) is 0 Å². The molecule has 1 fully saturated rings. The Morgan fingerprint density at radius 1 is 1.33 bits per heavy atom. The molecule has 1 amide bonds. The lowest BCUT2D eigenvalue weighted by atomic mass is 10.1. The highest BCUT2D eigenvalue weighted by Crippen LogP contribution is 2.42. The maximum atomic E-state index is 11.6. The van der Waals surface area contributed by atoms with Gasteiger partial charge in [0.15, 0.2) is 0 Å². The summed E-state index contributed by atoms with van der Waals surface area (Å²) in [5, 5.41) is 3.87. The smallest absolute Gasteiger partial charge is 0.407 e. The van der Waals surface area contributed by atoms with E-state index in [1.54, 1.807) is 0 Å². The van der Waals surface area contributed by atoms with E-state index in [1.165, 1.54) is 12.8 Å². The van der Waals surface area contributed by atoms with E-state index in [0.29, 0.717) is 12.5 Å². The number of benzene rings is 1. The molecule has 1 aromatic heterocycles. The highest BCUT2D eigenvalue weighted by Gasteiger charge is 2.27. The first-order valence-corrected chi connectivity index (χ1v) is 7.40. The van der Waals surface area contributed by atoms with Gasteiger partial charge in [0.2, 0.25) is 0 Å². The molecule has 0 radical (unpaired) electrons. The molecule has 0 aliphatic heterocycles. The molecule has 0 spiro atoms. The molecule has 1 saturated carbocycles. The third-order valence-electron chi connectivity index (χ3n) is 3.42. The van der Waals surface area contributed by atoms with Crippen LogP contribution in [0.4, 0.5) is 4.79 Å². The Bertz CT molecular complexity index is 662. The molecule has 2 aromatic rings. The summed E-state index contributed by atoms with van der Waals surface area (Å²) in [6, 6.07) is 8.11. The largest absolute Gasteiger partial charge is 0.461 e. The van der Waals surface area contributed by atoms with Gasteiger partial charge in [-0.05, 0) is 57.4 Å². The lowest BCUT2D eigenvalue weighted by molar-refractivity contribution is 0.0523. The fraction of sp³-hybridized carbons (Fsp3) is 0.471. The Kier molecular flexibility index (Phi) is 3.40. The number of hydrogen-bond acceptors (Lipinski definition) is 3. The molecule has 112 valence electrons. The van der Waals surface area contributed by atoms with Crippen molar-refractivity contribution in [2.45, 2.75) is 51.7 Å². The van der Waals surface area contributed by atoms with Crippen molar-refractivity contribution in [2.75, 3.05) is 0 Å². The quantitative estimate of drug-likeness (QED) is 0.913. The van der Waals surface area contributed by atoms with Crippen molar-refractivity contribution < 1.29 is 13.9 Å². The van der Waals surface area contributed by atoms with Gasteiger partial charge in [0.25, 0.3) is 0 Å². The molecule has 0 unspecified atom stereocenters. The van der Waals surface area contributed by atoms with Gasteiger partial charge in [-0.1, -0.05) is 6.07 Å². The van der Waals surface area contributed by atoms with E-state index in [1.807, 2.05) is 32.9 Å². The summed E-state index contributed by atoms with van der Waals surface area (Å²) in [6.07, 6.45) is 2.06. The van der Waals surface area contributed by atoms with E-state index < -0.39 is 11.7 Å². The van der Waals surface area contributed by atoms with Crippen LogP contribution in [0, 0.1) is 0 Å². The highest BCUT2D eigenvalue weighted by molar-refractivity contribution is 5.79. The van der Waals surface area contributed by atoms with Crippen LogP contribution in [0.25, 0.3) is 11.0 Å². The summed E-state index contributed by atoms with van der Waals surface area (Å²) in [6.45, 7) is 6.01. The van der Waals surface area contributed by atoms with Gasteiger partial charge in [0, 0.05) is 17.8 Å². The Labute approximate surface area is 124 Å². The molecule has 1 N–H and O–H groups in total.